The molecule has 17 heteroatoms. The number of hydrogen-bond acceptors (Lipinski definition) is 12. The Morgan fingerprint density at radius 1 is 0.429 bits per heavy atom. The molecule has 0 unspecified atom stereocenters. The molecule has 0 N–H and O–H groups in total. The summed E-state index contributed by atoms with van der Waals surface area (Å²) in [5.74, 6) is 0. The summed E-state index contributed by atoms with van der Waals surface area (Å²) in [4.78, 5) is 0. The van der Waals surface area contributed by atoms with Gasteiger partial charge in [-0.05, 0) is 0 Å². The van der Waals surface area contributed by atoms with Crippen LogP contribution in [0.5, 0.6) is 0 Å². The number of rotatable bonds is 0. The smallest absolute Gasteiger partial charge is 0.748 e. The zero-order valence-corrected chi connectivity index (χ0v) is 17.9. The van der Waals surface area contributed by atoms with E-state index in [1.807, 2.05) is 0 Å². The molecule has 0 fully saturated rings. The maximum atomic E-state index is 9.08. The maximum Gasteiger partial charge on any atom is 4.00 e. The van der Waals surface area contributed by atoms with Crippen molar-refractivity contribution in [3.8, 4) is 0 Å². The second-order valence-corrected chi connectivity index (χ2v) is 8.45. The molecular weight excluding hydrogens is 547 g/mol. The van der Waals surface area contributed by atoms with Crippen molar-refractivity contribution in [3.63, 3.8) is 0 Å². The van der Waals surface area contributed by atoms with Crippen LogP contribution in [0.3, 0.4) is 0 Å². The average Bonchev–Trinajstić information content (AvgIpc) is 1.62. The molecule has 0 aliphatic carbocycles. The third kappa shape index (κ3) is 27000. The second-order valence-electron chi connectivity index (χ2n) is 2.82. The molecule has 21 heavy (non-hydrogen) atoms. The third-order valence-corrected chi connectivity index (χ3v) is 0. The first-order valence-electron chi connectivity index (χ1n) is 3.63. The normalized spacial score (nSPS) is 11.0. The topological polar surface area (TPSA) is 229 Å². The summed E-state index contributed by atoms with van der Waals surface area (Å²) in [6.07, 6.45) is 2.42. The van der Waals surface area contributed by atoms with Gasteiger partial charge in [0.1, 0.15) is 0 Å². The minimum atomic E-state index is -3.92. The first kappa shape index (κ1) is 33.2. The van der Waals surface area contributed by atoms with E-state index in [0.717, 1.165) is 0 Å². The van der Waals surface area contributed by atoms with Crippen molar-refractivity contribution >= 4 is 40.5 Å². The van der Waals surface area contributed by atoms with Crippen LogP contribution in [0.2, 0.25) is 0 Å². The zero-order chi connectivity index (χ0) is 18.0. The summed E-state index contributed by atoms with van der Waals surface area (Å²) in [7, 11) is -15.7. The molecule has 0 atom stereocenters. The number of hydrogen-bond donors (Lipinski definition) is 0. The Balaban J connectivity index is -0.0000000533. The van der Waals surface area contributed by atoms with E-state index >= 15 is 0 Å². The summed E-state index contributed by atoms with van der Waals surface area (Å²) < 4.78 is 109. The Morgan fingerprint density at radius 2 is 0.429 bits per heavy atom. The van der Waals surface area contributed by atoms with Crippen LogP contribution in [-0.2, 0) is 66.3 Å². The molecule has 0 rings (SSSR count). The van der Waals surface area contributed by atoms with Gasteiger partial charge in [0.2, 0.25) is 0 Å². The van der Waals surface area contributed by atoms with Gasteiger partial charge in [-0.3, -0.25) is 0 Å². The summed E-state index contributed by atoms with van der Waals surface area (Å²) in [5.41, 5.74) is 0. The fraction of sp³-hybridized carbons (Fsp3) is 1.00. The predicted molar refractivity (Wildman–Crippen MR) is 62.5 cm³/mol. The van der Waals surface area contributed by atoms with Crippen LogP contribution in [0.15, 0.2) is 0 Å². The molecule has 0 bridgehead atoms. The van der Waals surface area contributed by atoms with Gasteiger partial charge >= 0.3 is 25.8 Å². The first-order valence-corrected chi connectivity index (χ1v) is 10.9. The van der Waals surface area contributed by atoms with Crippen LogP contribution in [-0.4, -0.2) is 76.9 Å². The SMILES string of the molecule is CS(=O)(=O)[O-].CS(=O)(=O)[O-].CS(=O)(=O)[O-].CS(=O)(=O)[O-].[Hf+4]. The van der Waals surface area contributed by atoms with Crippen molar-refractivity contribution in [2.45, 2.75) is 0 Å². The zero-order valence-electron chi connectivity index (χ0n) is 11.0. The van der Waals surface area contributed by atoms with Crippen LogP contribution in [0.25, 0.3) is 0 Å². The van der Waals surface area contributed by atoms with Gasteiger partial charge in [0.25, 0.3) is 0 Å². The van der Waals surface area contributed by atoms with Gasteiger partial charge in [0.05, 0.1) is 40.5 Å². The summed E-state index contributed by atoms with van der Waals surface area (Å²) in [5, 5.41) is 0. The van der Waals surface area contributed by atoms with Crippen molar-refractivity contribution in [1.29, 1.82) is 0 Å². The molecular formula is C4H12HfO12S4. The van der Waals surface area contributed by atoms with E-state index < -0.39 is 40.5 Å². The molecule has 0 radical (unpaired) electrons. The molecule has 0 aliphatic heterocycles. The van der Waals surface area contributed by atoms with Crippen LogP contribution >= 0.6 is 0 Å². The predicted octanol–water partition coefficient (Wildman–Crippen LogP) is -3.36. The standard InChI is InChI=1S/4CH4O3S.Hf/c4*1-5(2,3)4;/h4*1H3,(H,2,3,4);/q;;;;+4/p-4. The monoisotopic (exact) mass is 560 g/mol. The molecule has 0 saturated heterocycles. The molecule has 12 nitrogen and oxygen atoms in total. The molecule has 0 aromatic carbocycles. The van der Waals surface area contributed by atoms with Crippen LogP contribution < -0.4 is 0 Å². The van der Waals surface area contributed by atoms with Gasteiger partial charge in [-0.25, -0.2) is 33.7 Å². The summed E-state index contributed by atoms with van der Waals surface area (Å²) >= 11 is 0. The molecule has 0 aliphatic rings. The maximum absolute atomic E-state index is 9.08. The van der Waals surface area contributed by atoms with Crippen molar-refractivity contribution in [3.05, 3.63) is 0 Å². The van der Waals surface area contributed by atoms with Crippen LogP contribution in [0, 0.1) is 0 Å². The van der Waals surface area contributed by atoms with Gasteiger partial charge in [-0.2, -0.15) is 0 Å². The van der Waals surface area contributed by atoms with Crippen molar-refractivity contribution < 1.29 is 77.7 Å². The largest absolute Gasteiger partial charge is 4.00 e. The molecule has 0 amide bonds. The van der Waals surface area contributed by atoms with E-state index in [2.05, 4.69) is 0 Å². The van der Waals surface area contributed by atoms with Crippen LogP contribution in [0.4, 0.5) is 0 Å². The van der Waals surface area contributed by atoms with E-state index in [1.165, 1.54) is 0 Å². The summed E-state index contributed by atoms with van der Waals surface area (Å²) in [6, 6.07) is 0. The Morgan fingerprint density at radius 3 is 0.429 bits per heavy atom. The van der Waals surface area contributed by atoms with E-state index in [0.29, 0.717) is 25.0 Å². The molecule has 0 saturated carbocycles. The van der Waals surface area contributed by atoms with Gasteiger partial charge < -0.3 is 18.2 Å². The summed E-state index contributed by atoms with van der Waals surface area (Å²) in [6.45, 7) is 0. The van der Waals surface area contributed by atoms with Crippen LogP contribution in [0.1, 0.15) is 0 Å². The van der Waals surface area contributed by atoms with Gasteiger partial charge in [0.15, 0.2) is 0 Å². The Kier molecular flexibility index (Phi) is 20.5. The molecule has 0 spiro atoms. The fourth-order valence-electron chi connectivity index (χ4n) is 0. The van der Waals surface area contributed by atoms with E-state index in [9.17, 15) is 0 Å². The van der Waals surface area contributed by atoms with Gasteiger partial charge in [0, 0.05) is 25.0 Å². The molecule has 0 aromatic heterocycles. The Labute approximate surface area is 142 Å². The minimum Gasteiger partial charge on any atom is -0.748 e. The van der Waals surface area contributed by atoms with Crippen molar-refractivity contribution in [2.75, 3.05) is 25.0 Å². The van der Waals surface area contributed by atoms with Crippen molar-refractivity contribution in [1.82, 2.24) is 0 Å². The Hall–Kier alpha value is 0.510. The molecule has 0 aromatic rings. The average molecular weight is 559 g/mol. The third-order valence-electron chi connectivity index (χ3n) is 0. The fourth-order valence-corrected chi connectivity index (χ4v) is 0. The van der Waals surface area contributed by atoms with E-state index in [4.69, 9.17) is 51.9 Å². The van der Waals surface area contributed by atoms with Crippen molar-refractivity contribution in [2.24, 2.45) is 0 Å². The van der Waals surface area contributed by atoms with Gasteiger partial charge in [-0.1, -0.05) is 0 Å². The minimum absolute atomic E-state index is 0. The molecule has 0 heterocycles. The molecule has 128 valence electrons. The Bertz CT molecular complexity index is 486. The van der Waals surface area contributed by atoms with Gasteiger partial charge in [-0.15, -0.1) is 0 Å². The van der Waals surface area contributed by atoms with E-state index in [1.54, 1.807) is 0 Å². The van der Waals surface area contributed by atoms with E-state index in [-0.39, 0.29) is 25.8 Å². The quantitative estimate of drug-likeness (QED) is 0.209. The first-order chi connectivity index (χ1) is 8.00. The second kappa shape index (κ2) is 13.0.